The van der Waals surface area contributed by atoms with Crippen molar-refractivity contribution in [2.24, 2.45) is 0 Å². The number of hydrogen-bond acceptors (Lipinski definition) is 3. The Kier molecular flexibility index (Phi) is 5.08. The van der Waals surface area contributed by atoms with Crippen LogP contribution in [0.5, 0.6) is 0 Å². The van der Waals surface area contributed by atoms with Gasteiger partial charge in [0.25, 0.3) is 15.0 Å². The average molecular weight is 371 g/mol. The summed E-state index contributed by atoms with van der Waals surface area (Å²) in [5, 5.41) is 0.0239. The topological polar surface area (TPSA) is 54.5 Å². The van der Waals surface area contributed by atoms with Crippen LogP contribution in [-0.4, -0.2) is 31.8 Å². The van der Waals surface area contributed by atoms with E-state index in [1.807, 2.05) is 6.92 Å². The van der Waals surface area contributed by atoms with Gasteiger partial charge in [-0.3, -0.25) is 4.79 Å². The summed E-state index contributed by atoms with van der Waals surface area (Å²) in [5.41, 5.74) is 0.112. The molecular formula is C13H14Cl3NO3S. The van der Waals surface area contributed by atoms with Gasteiger partial charge in [0.1, 0.15) is 4.90 Å². The van der Waals surface area contributed by atoms with Gasteiger partial charge in [0.05, 0.1) is 15.6 Å². The molecule has 1 unspecified atom stereocenters. The van der Waals surface area contributed by atoms with Gasteiger partial charge >= 0.3 is 0 Å². The molecule has 1 amide bonds. The number of benzene rings is 1. The van der Waals surface area contributed by atoms with Crippen molar-refractivity contribution in [2.45, 2.75) is 37.1 Å². The summed E-state index contributed by atoms with van der Waals surface area (Å²) >= 11 is 11.9. The first kappa shape index (κ1) is 16.9. The summed E-state index contributed by atoms with van der Waals surface area (Å²) in [5.74, 6) is -0.289. The quantitative estimate of drug-likeness (QED) is 0.757. The maximum Gasteiger partial charge on any atom is 0.262 e. The van der Waals surface area contributed by atoms with Crippen molar-refractivity contribution in [3.8, 4) is 0 Å². The van der Waals surface area contributed by atoms with Crippen LogP contribution in [-0.2, 0) is 9.05 Å². The highest BCUT2D eigenvalue weighted by Gasteiger charge is 2.30. The lowest BCUT2D eigenvalue weighted by Gasteiger charge is -2.24. The minimum absolute atomic E-state index is 0.0972. The summed E-state index contributed by atoms with van der Waals surface area (Å²) in [6.45, 7) is 2.65. The number of carbonyl (C=O) groups is 1. The van der Waals surface area contributed by atoms with Crippen molar-refractivity contribution < 1.29 is 13.2 Å². The molecule has 116 valence electrons. The number of likely N-dealkylation sites (tertiary alicyclic amines) is 1. The summed E-state index contributed by atoms with van der Waals surface area (Å²) in [4.78, 5) is 14.0. The standard InChI is InChI=1S/C13H14Cl3NO3S/c1-2-8-4-3-5-17(8)13(18)9-6-12(21(16,19)20)11(15)7-10(9)14/h6-8H,2-5H2,1H3. The summed E-state index contributed by atoms with van der Waals surface area (Å²) in [7, 11) is 1.29. The van der Waals surface area contributed by atoms with E-state index in [9.17, 15) is 13.2 Å². The summed E-state index contributed by atoms with van der Waals surface area (Å²) < 4.78 is 23.0. The second-order valence-electron chi connectivity index (χ2n) is 4.90. The van der Waals surface area contributed by atoms with Crippen LogP contribution >= 0.6 is 33.9 Å². The van der Waals surface area contributed by atoms with E-state index < -0.39 is 9.05 Å². The van der Waals surface area contributed by atoms with Gasteiger partial charge in [0.15, 0.2) is 0 Å². The third-order valence-corrected chi connectivity index (χ3v) is 5.72. The van der Waals surface area contributed by atoms with E-state index in [2.05, 4.69) is 0 Å². The Morgan fingerprint density at radius 3 is 2.57 bits per heavy atom. The first-order chi connectivity index (χ1) is 9.75. The number of rotatable bonds is 3. The van der Waals surface area contributed by atoms with E-state index in [0.717, 1.165) is 25.3 Å². The molecule has 4 nitrogen and oxygen atoms in total. The lowest BCUT2D eigenvalue weighted by Crippen LogP contribution is -2.35. The van der Waals surface area contributed by atoms with E-state index in [1.54, 1.807) is 4.90 Å². The van der Waals surface area contributed by atoms with Crippen LogP contribution in [0.15, 0.2) is 17.0 Å². The highest BCUT2D eigenvalue weighted by Crippen LogP contribution is 2.32. The molecule has 0 saturated carbocycles. The number of carbonyl (C=O) groups excluding carboxylic acids is 1. The summed E-state index contributed by atoms with van der Waals surface area (Å²) in [6.07, 6.45) is 2.71. The lowest BCUT2D eigenvalue weighted by molar-refractivity contribution is 0.0733. The summed E-state index contributed by atoms with van der Waals surface area (Å²) in [6, 6.07) is 2.54. The lowest BCUT2D eigenvalue weighted by atomic mass is 10.1. The fourth-order valence-electron chi connectivity index (χ4n) is 2.56. The second-order valence-corrected chi connectivity index (χ2v) is 8.25. The first-order valence-electron chi connectivity index (χ1n) is 6.50. The molecule has 0 N–H and O–H groups in total. The maximum atomic E-state index is 12.6. The van der Waals surface area contributed by atoms with E-state index in [0.29, 0.717) is 6.54 Å². The first-order valence-corrected chi connectivity index (χ1v) is 9.57. The van der Waals surface area contributed by atoms with Gasteiger partial charge in [-0.25, -0.2) is 8.42 Å². The van der Waals surface area contributed by atoms with Gasteiger partial charge in [-0.1, -0.05) is 30.1 Å². The van der Waals surface area contributed by atoms with Crippen molar-refractivity contribution in [1.29, 1.82) is 0 Å². The maximum absolute atomic E-state index is 12.6. The molecule has 1 saturated heterocycles. The van der Waals surface area contributed by atoms with Crippen LogP contribution in [0.25, 0.3) is 0 Å². The van der Waals surface area contributed by atoms with Crippen molar-refractivity contribution in [3.05, 3.63) is 27.7 Å². The van der Waals surface area contributed by atoms with Crippen LogP contribution in [0.3, 0.4) is 0 Å². The molecule has 0 spiro atoms. The third-order valence-electron chi connectivity index (χ3n) is 3.62. The van der Waals surface area contributed by atoms with Gasteiger partial charge < -0.3 is 4.90 Å². The molecule has 0 aromatic heterocycles. The van der Waals surface area contributed by atoms with Crippen LogP contribution in [0.4, 0.5) is 0 Å². The molecule has 1 aliphatic heterocycles. The molecule has 1 aromatic carbocycles. The smallest absolute Gasteiger partial charge is 0.262 e. The molecule has 2 rings (SSSR count). The Bertz CT molecular complexity index is 675. The predicted molar refractivity (Wildman–Crippen MR) is 83.9 cm³/mol. The average Bonchev–Trinajstić information content (AvgIpc) is 2.84. The molecule has 21 heavy (non-hydrogen) atoms. The molecule has 8 heteroatoms. The molecule has 0 bridgehead atoms. The molecular weight excluding hydrogens is 357 g/mol. The van der Waals surface area contributed by atoms with Crippen molar-refractivity contribution >= 4 is 48.8 Å². The molecule has 1 atom stereocenters. The van der Waals surface area contributed by atoms with E-state index in [4.69, 9.17) is 33.9 Å². The van der Waals surface area contributed by atoms with E-state index in [-0.39, 0.29) is 32.5 Å². The highest BCUT2D eigenvalue weighted by atomic mass is 35.7. The third kappa shape index (κ3) is 3.47. The highest BCUT2D eigenvalue weighted by molar-refractivity contribution is 8.13. The van der Waals surface area contributed by atoms with Crippen LogP contribution < -0.4 is 0 Å². The zero-order valence-electron chi connectivity index (χ0n) is 11.3. The second kappa shape index (κ2) is 6.32. The Morgan fingerprint density at radius 1 is 1.33 bits per heavy atom. The zero-order valence-corrected chi connectivity index (χ0v) is 14.4. The Labute approximate surface area is 138 Å². The van der Waals surface area contributed by atoms with Gasteiger partial charge in [-0.15, -0.1) is 0 Å². The number of amides is 1. The largest absolute Gasteiger partial charge is 0.336 e. The molecule has 1 aliphatic rings. The van der Waals surface area contributed by atoms with Gasteiger partial charge in [0, 0.05) is 23.3 Å². The number of hydrogen-bond donors (Lipinski definition) is 0. The molecule has 1 aromatic rings. The Balaban J connectivity index is 2.46. The molecule has 0 aliphatic carbocycles. The van der Waals surface area contributed by atoms with Gasteiger partial charge in [-0.05, 0) is 31.4 Å². The Hall–Kier alpha value is -0.490. The Morgan fingerprint density at radius 2 is 2.00 bits per heavy atom. The fraction of sp³-hybridized carbons (Fsp3) is 0.462. The van der Waals surface area contributed by atoms with Crippen LogP contribution in [0.1, 0.15) is 36.5 Å². The molecule has 0 radical (unpaired) electrons. The minimum Gasteiger partial charge on any atom is -0.336 e. The minimum atomic E-state index is -4.04. The van der Waals surface area contributed by atoms with Gasteiger partial charge in [-0.2, -0.15) is 0 Å². The number of halogens is 3. The normalized spacial score (nSPS) is 19.0. The molecule has 1 heterocycles. The van der Waals surface area contributed by atoms with Crippen molar-refractivity contribution in [2.75, 3.05) is 6.54 Å². The predicted octanol–water partition coefficient (Wildman–Crippen LogP) is 3.94. The van der Waals surface area contributed by atoms with Crippen LogP contribution in [0.2, 0.25) is 10.0 Å². The molecule has 1 fully saturated rings. The monoisotopic (exact) mass is 369 g/mol. The zero-order chi connectivity index (χ0) is 15.8. The van der Waals surface area contributed by atoms with E-state index >= 15 is 0 Å². The van der Waals surface area contributed by atoms with Crippen molar-refractivity contribution in [1.82, 2.24) is 4.90 Å². The fourth-order valence-corrected chi connectivity index (χ4v) is 4.38. The van der Waals surface area contributed by atoms with E-state index in [1.165, 1.54) is 6.07 Å². The van der Waals surface area contributed by atoms with Crippen molar-refractivity contribution in [3.63, 3.8) is 0 Å². The SMILES string of the molecule is CCC1CCCN1C(=O)c1cc(S(=O)(=O)Cl)c(Cl)cc1Cl. The van der Waals surface area contributed by atoms with Gasteiger partial charge in [0.2, 0.25) is 0 Å². The van der Waals surface area contributed by atoms with Crippen LogP contribution in [0, 0.1) is 0 Å². The number of nitrogens with zero attached hydrogens (tertiary/aromatic N) is 1.